The Morgan fingerprint density at radius 3 is 1.79 bits per heavy atom. The number of fused-ring (bicyclic) bond motifs is 10. The van der Waals surface area contributed by atoms with Gasteiger partial charge < -0.3 is 26.8 Å². The van der Waals surface area contributed by atoms with Crippen LogP contribution in [0.3, 0.4) is 0 Å². The maximum absolute atomic E-state index is 10.9. The van der Waals surface area contributed by atoms with Crippen molar-refractivity contribution in [2.45, 2.75) is 154 Å². The zero-order valence-electron chi connectivity index (χ0n) is 27.6. The predicted octanol–water partition coefficient (Wildman–Crippen LogP) is 6.25. The van der Waals surface area contributed by atoms with E-state index in [-0.39, 0.29) is 40.6 Å². The molecular weight excluding hydrogens is 532 g/mol. The van der Waals surface area contributed by atoms with Crippen LogP contribution in [0.4, 0.5) is 0 Å². The van der Waals surface area contributed by atoms with Crippen LogP contribution in [-0.2, 0) is 0 Å². The van der Waals surface area contributed by atoms with Gasteiger partial charge in [-0.05, 0) is 153 Å². The lowest BCUT2D eigenvalue weighted by molar-refractivity contribution is -0.102. The first-order valence-electron chi connectivity index (χ1n) is 18.3. The minimum Gasteiger partial charge on any atom is -0.393 e. The number of allylic oxidation sites excluding steroid dienone is 1. The van der Waals surface area contributed by atoms with E-state index < -0.39 is 0 Å². The van der Waals surface area contributed by atoms with Crippen molar-refractivity contribution in [3.8, 4) is 0 Å². The molecule has 0 aromatic heterocycles. The first-order chi connectivity index (χ1) is 20.3. The molecule has 8 rings (SSSR count). The lowest BCUT2D eigenvalue weighted by atomic mass is 9.47. The van der Waals surface area contributed by atoms with E-state index in [1.165, 1.54) is 50.5 Å². The highest BCUT2D eigenvalue weighted by Gasteiger charge is 2.61. The van der Waals surface area contributed by atoms with Crippen molar-refractivity contribution in [1.82, 2.24) is 0 Å². The molecule has 0 spiro atoms. The lowest BCUT2D eigenvalue weighted by Crippen LogP contribution is -2.55. The summed E-state index contributed by atoms with van der Waals surface area (Å²) in [5.41, 5.74) is 16.4. The largest absolute Gasteiger partial charge is 0.393 e. The third kappa shape index (κ3) is 4.55. The number of hydrogen-bond acceptors (Lipinski definition) is 5. The van der Waals surface area contributed by atoms with E-state index in [1.54, 1.807) is 5.57 Å². The van der Waals surface area contributed by atoms with Crippen molar-refractivity contribution >= 4 is 0 Å². The van der Waals surface area contributed by atoms with E-state index in [1.807, 2.05) is 0 Å². The van der Waals surface area contributed by atoms with E-state index in [0.29, 0.717) is 29.2 Å². The molecule has 0 radical (unpaired) electrons. The summed E-state index contributed by atoms with van der Waals surface area (Å²) in [5.74, 6) is 3.77. The van der Waals surface area contributed by atoms with Crippen molar-refractivity contribution in [3.05, 3.63) is 23.3 Å². The first-order valence-corrected chi connectivity index (χ1v) is 18.3. The molecule has 0 aromatic carbocycles. The molecule has 6 saturated carbocycles. The summed E-state index contributed by atoms with van der Waals surface area (Å²) in [7, 11) is 0. The molecule has 0 aromatic rings. The molecule has 0 saturated heterocycles. The minimum atomic E-state index is -0.340. The number of rotatable bonds is 0. The molecule has 15 atom stereocenters. The van der Waals surface area contributed by atoms with Crippen molar-refractivity contribution in [2.24, 2.45) is 68.6 Å². The lowest BCUT2D eigenvalue weighted by Gasteiger charge is -2.58. The summed E-state index contributed by atoms with van der Waals surface area (Å²) in [4.78, 5) is 0. The third-order valence-corrected chi connectivity index (χ3v) is 16.2. The molecule has 6 fully saturated rings. The van der Waals surface area contributed by atoms with Crippen LogP contribution in [0.15, 0.2) is 23.3 Å². The highest BCUT2D eigenvalue weighted by Crippen LogP contribution is 2.66. The molecular formula is C38H62N2O3. The molecule has 242 valence electrons. The summed E-state index contributed by atoms with van der Waals surface area (Å²) in [5, 5.41) is 31.8. The van der Waals surface area contributed by atoms with Crippen molar-refractivity contribution in [3.63, 3.8) is 0 Å². The average molecular weight is 595 g/mol. The SMILES string of the molecule is C[C@]12CC[C@H]3[C@@H](CC=C4C[C@@H](N)CC[C@@]43C)[C@@H]1CC[C@@H]2O.C[C@]12CC[C@H]3[C@@H]([C@@H](O)C=C4C[C@@H](N)CC[C@@]43C)[C@@H]1CC[C@@H]2O. The fraction of sp³-hybridized carbons (Fsp3) is 0.895. The highest BCUT2D eigenvalue weighted by molar-refractivity contribution is 5.28. The van der Waals surface area contributed by atoms with Gasteiger partial charge in [-0.3, -0.25) is 0 Å². The molecule has 5 nitrogen and oxygen atoms in total. The predicted molar refractivity (Wildman–Crippen MR) is 173 cm³/mol. The topological polar surface area (TPSA) is 113 Å². The number of aliphatic hydroxyl groups is 3. The standard InChI is InChI=1S/C19H31NO2.C19H31NO/c1-18-7-5-12(20)9-11(18)10-15(21)17-13-3-4-16(22)19(13,2)8-6-14(17)18;1-18-9-7-13(20)11-12(18)3-4-14-15-5-6-17(21)19(15,2)10-8-16(14)18/h10,12-17,21-22H,3-9,20H2,1-2H3;3,13-17,21H,4-11,20H2,1-2H3/t12-,13-,14-,15-,16-,17-,18-,19-;13-,14-,15-,16-,17-,18-,19-/m00/s1. The van der Waals surface area contributed by atoms with E-state index in [0.717, 1.165) is 69.1 Å². The molecule has 0 bridgehead atoms. The normalized spacial score (nSPS) is 56.9. The summed E-state index contributed by atoms with van der Waals surface area (Å²) < 4.78 is 0. The summed E-state index contributed by atoms with van der Waals surface area (Å²) in [6.45, 7) is 9.57. The van der Waals surface area contributed by atoms with Gasteiger partial charge in [0.2, 0.25) is 0 Å². The van der Waals surface area contributed by atoms with Gasteiger partial charge in [0.1, 0.15) is 0 Å². The Bertz CT molecular complexity index is 1150. The van der Waals surface area contributed by atoms with E-state index >= 15 is 0 Å². The van der Waals surface area contributed by atoms with Gasteiger partial charge in [-0.1, -0.05) is 51.0 Å². The minimum absolute atomic E-state index is 0.0227. The summed E-state index contributed by atoms with van der Waals surface area (Å²) >= 11 is 0. The zero-order chi connectivity index (χ0) is 30.5. The molecule has 8 aliphatic rings. The second-order valence-corrected chi connectivity index (χ2v) is 17.9. The van der Waals surface area contributed by atoms with Gasteiger partial charge in [-0.2, -0.15) is 0 Å². The van der Waals surface area contributed by atoms with Crippen molar-refractivity contribution in [1.29, 1.82) is 0 Å². The smallest absolute Gasteiger partial charge is 0.0757 e. The van der Waals surface area contributed by atoms with Crippen LogP contribution in [0.2, 0.25) is 0 Å². The van der Waals surface area contributed by atoms with Gasteiger partial charge in [-0.25, -0.2) is 0 Å². The van der Waals surface area contributed by atoms with Gasteiger partial charge in [0.15, 0.2) is 0 Å². The van der Waals surface area contributed by atoms with Crippen LogP contribution >= 0.6 is 0 Å². The molecule has 7 N–H and O–H groups in total. The highest BCUT2D eigenvalue weighted by atomic mass is 16.3. The fourth-order valence-corrected chi connectivity index (χ4v) is 13.3. The molecule has 5 heteroatoms. The summed E-state index contributed by atoms with van der Waals surface area (Å²) in [6.07, 6.45) is 21.3. The first kappa shape index (κ1) is 30.9. The fourth-order valence-electron chi connectivity index (χ4n) is 13.3. The average Bonchev–Trinajstić information content (AvgIpc) is 3.45. The Morgan fingerprint density at radius 1 is 0.605 bits per heavy atom. The molecule has 43 heavy (non-hydrogen) atoms. The van der Waals surface area contributed by atoms with Crippen molar-refractivity contribution in [2.75, 3.05) is 0 Å². The molecule has 8 aliphatic carbocycles. The quantitative estimate of drug-likeness (QED) is 0.213. The van der Waals surface area contributed by atoms with E-state index in [4.69, 9.17) is 11.5 Å². The maximum Gasteiger partial charge on any atom is 0.0757 e. The monoisotopic (exact) mass is 594 g/mol. The molecule has 0 heterocycles. The maximum atomic E-state index is 10.9. The van der Waals surface area contributed by atoms with Gasteiger partial charge in [-0.15, -0.1) is 0 Å². The van der Waals surface area contributed by atoms with Crippen LogP contribution in [0.5, 0.6) is 0 Å². The van der Waals surface area contributed by atoms with Crippen LogP contribution in [0.25, 0.3) is 0 Å². The van der Waals surface area contributed by atoms with Gasteiger partial charge in [0, 0.05) is 12.1 Å². The molecule has 0 unspecified atom stereocenters. The number of aliphatic hydroxyl groups excluding tert-OH is 3. The zero-order valence-corrected chi connectivity index (χ0v) is 27.6. The molecule has 0 amide bonds. The van der Waals surface area contributed by atoms with Gasteiger partial charge in [0.25, 0.3) is 0 Å². The Kier molecular flexibility index (Phi) is 7.66. The van der Waals surface area contributed by atoms with Gasteiger partial charge in [0.05, 0.1) is 18.3 Å². The van der Waals surface area contributed by atoms with Crippen LogP contribution in [0, 0.1) is 57.2 Å². The second kappa shape index (κ2) is 10.7. The number of nitrogens with two attached hydrogens (primary N) is 2. The third-order valence-electron chi connectivity index (χ3n) is 16.2. The molecule has 0 aliphatic heterocycles. The van der Waals surface area contributed by atoms with Gasteiger partial charge >= 0.3 is 0 Å². The second-order valence-electron chi connectivity index (χ2n) is 17.9. The van der Waals surface area contributed by atoms with Crippen molar-refractivity contribution < 1.29 is 15.3 Å². The van der Waals surface area contributed by atoms with E-state index in [9.17, 15) is 15.3 Å². The Labute approximate surface area is 261 Å². The Balaban J connectivity index is 0.000000140. The Morgan fingerprint density at radius 2 is 1.14 bits per heavy atom. The number of hydrogen-bond donors (Lipinski definition) is 5. The van der Waals surface area contributed by atoms with Crippen LogP contribution in [-0.4, -0.2) is 45.7 Å². The van der Waals surface area contributed by atoms with Crippen LogP contribution in [0.1, 0.15) is 124 Å². The Hall–Kier alpha value is -0.720. The summed E-state index contributed by atoms with van der Waals surface area (Å²) in [6, 6.07) is 0.660. The van der Waals surface area contributed by atoms with E-state index in [2.05, 4.69) is 39.8 Å². The van der Waals surface area contributed by atoms with Crippen LogP contribution < -0.4 is 11.5 Å².